The number of benzene rings is 1. The quantitative estimate of drug-likeness (QED) is 0.853. The number of hydrogen-bond acceptors (Lipinski definition) is 2. The molecule has 2 aromatic rings. The number of carboxylic acids is 1. The molecule has 2 atom stereocenters. The van der Waals surface area contributed by atoms with Crippen LogP contribution >= 0.6 is 0 Å². The molecule has 1 aromatic carbocycles. The molecule has 2 heterocycles. The van der Waals surface area contributed by atoms with Gasteiger partial charge in [0, 0.05) is 35.4 Å². The highest BCUT2D eigenvalue weighted by Gasteiger charge is 2.36. The summed E-state index contributed by atoms with van der Waals surface area (Å²) < 4.78 is 0. The first-order valence-electron chi connectivity index (χ1n) is 6.24. The van der Waals surface area contributed by atoms with Crippen LogP contribution in [0.15, 0.2) is 30.5 Å². The first kappa shape index (κ1) is 11.1. The lowest BCUT2D eigenvalue weighted by atomic mass is 10.0. The molecular weight excluding hydrogens is 228 g/mol. The largest absolute Gasteiger partial charge is 0.481 e. The molecule has 0 radical (unpaired) electrons. The summed E-state index contributed by atoms with van der Waals surface area (Å²) in [6, 6.07) is 8.20. The van der Waals surface area contributed by atoms with Gasteiger partial charge in [-0.2, -0.15) is 0 Å². The molecule has 1 aliphatic rings. The number of carbonyl (C=O) groups is 1. The Morgan fingerprint density at radius 1 is 1.44 bits per heavy atom. The van der Waals surface area contributed by atoms with Crippen molar-refractivity contribution in [2.24, 2.45) is 5.92 Å². The molecule has 1 aromatic heterocycles. The summed E-state index contributed by atoms with van der Waals surface area (Å²) in [7, 11) is 0. The molecule has 1 fully saturated rings. The van der Waals surface area contributed by atoms with Gasteiger partial charge in [0.2, 0.25) is 0 Å². The Morgan fingerprint density at radius 3 is 3.00 bits per heavy atom. The van der Waals surface area contributed by atoms with Gasteiger partial charge in [0.1, 0.15) is 0 Å². The number of hydrogen-bond donors (Lipinski definition) is 2. The van der Waals surface area contributed by atoms with Crippen LogP contribution < -0.4 is 4.90 Å². The summed E-state index contributed by atoms with van der Waals surface area (Å²) in [4.78, 5) is 16.6. The van der Waals surface area contributed by atoms with Crippen LogP contribution in [0.2, 0.25) is 0 Å². The molecule has 0 bridgehead atoms. The molecule has 0 unspecified atom stereocenters. The molecule has 0 spiro atoms. The van der Waals surface area contributed by atoms with Crippen molar-refractivity contribution < 1.29 is 9.90 Å². The van der Waals surface area contributed by atoms with E-state index in [1.807, 2.05) is 31.3 Å². The topological polar surface area (TPSA) is 56.3 Å². The summed E-state index contributed by atoms with van der Waals surface area (Å²) in [5, 5.41) is 10.4. The molecule has 0 saturated carbocycles. The van der Waals surface area contributed by atoms with E-state index in [2.05, 4.69) is 16.0 Å². The van der Waals surface area contributed by atoms with E-state index >= 15 is 0 Å². The van der Waals surface area contributed by atoms with E-state index in [0.29, 0.717) is 0 Å². The van der Waals surface area contributed by atoms with Crippen molar-refractivity contribution in [1.29, 1.82) is 0 Å². The second-order valence-corrected chi connectivity index (χ2v) is 4.88. The Labute approximate surface area is 105 Å². The van der Waals surface area contributed by atoms with E-state index < -0.39 is 5.97 Å². The second kappa shape index (κ2) is 4.05. The van der Waals surface area contributed by atoms with Gasteiger partial charge in [-0.05, 0) is 31.5 Å². The molecule has 94 valence electrons. The molecule has 18 heavy (non-hydrogen) atoms. The van der Waals surface area contributed by atoms with Crippen LogP contribution in [0.25, 0.3) is 10.9 Å². The van der Waals surface area contributed by atoms with Gasteiger partial charge < -0.3 is 15.0 Å². The van der Waals surface area contributed by atoms with E-state index in [1.54, 1.807) is 0 Å². The lowest BCUT2D eigenvalue weighted by Gasteiger charge is -2.26. The van der Waals surface area contributed by atoms with Gasteiger partial charge in [-0.1, -0.05) is 6.07 Å². The third kappa shape index (κ3) is 1.56. The van der Waals surface area contributed by atoms with Crippen molar-refractivity contribution in [3.05, 3.63) is 30.5 Å². The normalized spacial score (nSPS) is 23.7. The number of aromatic nitrogens is 1. The van der Waals surface area contributed by atoms with E-state index in [0.717, 1.165) is 29.6 Å². The molecule has 1 saturated heterocycles. The zero-order chi connectivity index (χ0) is 12.7. The zero-order valence-electron chi connectivity index (χ0n) is 10.3. The standard InChI is InChI=1S/C14H16N2O2/c1-9-10(14(17)18)6-8-16(9)13-4-2-3-12-11(13)5-7-15-12/h2-5,7,9-10,15H,6,8H2,1H3,(H,17,18)/t9-,10+/m1/s1. The van der Waals surface area contributed by atoms with Crippen LogP contribution in [0.1, 0.15) is 13.3 Å². The maximum Gasteiger partial charge on any atom is 0.308 e. The van der Waals surface area contributed by atoms with Gasteiger partial charge >= 0.3 is 5.97 Å². The Morgan fingerprint density at radius 2 is 2.28 bits per heavy atom. The third-order valence-electron chi connectivity index (χ3n) is 3.95. The minimum Gasteiger partial charge on any atom is -0.481 e. The van der Waals surface area contributed by atoms with Gasteiger partial charge in [-0.25, -0.2) is 0 Å². The molecule has 1 aliphatic heterocycles. The lowest BCUT2D eigenvalue weighted by Crippen LogP contribution is -2.32. The fraction of sp³-hybridized carbons (Fsp3) is 0.357. The lowest BCUT2D eigenvalue weighted by molar-refractivity contribution is -0.141. The summed E-state index contributed by atoms with van der Waals surface area (Å²) in [6.07, 6.45) is 2.64. The molecule has 0 aliphatic carbocycles. The number of aliphatic carboxylic acids is 1. The van der Waals surface area contributed by atoms with Crippen molar-refractivity contribution in [2.45, 2.75) is 19.4 Å². The monoisotopic (exact) mass is 244 g/mol. The SMILES string of the molecule is C[C@@H]1[C@@H](C(=O)O)CCN1c1cccc2[nH]ccc12. The molecular formula is C14H16N2O2. The average molecular weight is 244 g/mol. The Kier molecular flexibility index (Phi) is 2.51. The number of anilines is 1. The number of rotatable bonds is 2. The Bertz CT molecular complexity index is 590. The number of fused-ring (bicyclic) bond motifs is 1. The van der Waals surface area contributed by atoms with Crippen molar-refractivity contribution in [1.82, 2.24) is 4.98 Å². The Balaban J connectivity index is 2.01. The van der Waals surface area contributed by atoms with Gasteiger partial charge in [-0.3, -0.25) is 4.79 Å². The van der Waals surface area contributed by atoms with Gasteiger partial charge in [0.15, 0.2) is 0 Å². The predicted octanol–water partition coefficient (Wildman–Crippen LogP) is 2.47. The number of carboxylic acid groups (broad SMARTS) is 1. The van der Waals surface area contributed by atoms with Crippen LogP contribution in [0.4, 0.5) is 5.69 Å². The number of H-pyrrole nitrogens is 1. The van der Waals surface area contributed by atoms with Gasteiger partial charge in [-0.15, -0.1) is 0 Å². The summed E-state index contributed by atoms with van der Waals surface area (Å²) in [5.74, 6) is -0.953. The Hall–Kier alpha value is -1.97. The van der Waals surface area contributed by atoms with Crippen LogP contribution in [-0.2, 0) is 4.79 Å². The van der Waals surface area contributed by atoms with Gasteiger partial charge in [0.05, 0.1) is 5.92 Å². The third-order valence-corrected chi connectivity index (χ3v) is 3.95. The molecule has 0 amide bonds. The fourth-order valence-electron chi connectivity index (χ4n) is 2.93. The number of nitrogens with one attached hydrogen (secondary N) is 1. The van der Waals surface area contributed by atoms with Crippen molar-refractivity contribution >= 4 is 22.6 Å². The van der Waals surface area contributed by atoms with Gasteiger partial charge in [0.25, 0.3) is 0 Å². The first-order valence-corrected chi connectivity index (χ1v) is 6.24. The smallest absolute Gasteiger partial charge is 0.308 e. The number of aromatic amines is 1. The predicted molar refractivity (Wildman–Crippen MR) is 70.8 cm³/mol. The van der Waals surface area contributed by atoms with Crippen molar-refractivity contribution in [3.8, 4) is 0 Å². The zero-order valence-corrected chi connectivity index (χ0v) is 10.3. The fourth-order valence-corrected chi connectivity index (χ4v) is 2.93. The molecule has 4 heteroatoms. The second-order valence-electron chi connectivity index (χ2n) is 4.88. The summed E-state index contributed by atoms with van der Waals surface area (Å²) >= 11 is 0. The maximum atomic E-state index is 11.2. The van der Waals surface area contributed by atoms with Crippen molar-refractivity contribution in [3.63, 3.8) is 0 Å². The highest BCUT2D eigenvalue weighted by molar-refractivity contribution is 5.93. The maximum absolute atomic E-state index is 11.2. The van der Waals surface area contributed by atoms with E-state index in [-0.39, 0.29) is 12.0 Å². The minimum absolute atomic E-state index is 0.0444. The minimum atomic E-state index is -0.689. The van der Waals surface area contributed by atoms with E-state index in [9.17, 15) is 9.90 Å². The molecule has 2 N–H and O–H groups in total. The van der Waals surface area contributed by atoms with Crippen LogP contribution in [0.3, 0.4) is 0 Å². The van der Waals surface area contributed by atoms with E-state index in [4.69, 9.17) is 0 Å². The first-order chi connectivity index (χ1) is 8.68. The highest BCUT2D eigenvalue weighted by atomic mass is 16.4. The van der Waals surface area contributed by atoms with Crippen LogP contribution in [-0.4, -0.2) is 28.6 Å². The van der Waals surface area contributed by atoms with Crippen LogP contribution in [0.5, 0.6) is 0 Å². The molecule has 4 nitrogen and oxygen atoms in total. The summed E-state index contributed by atoms with van der Waals surface area (Å²) in [6.45, 7) is 2.81. The highest BCUT2D eigenvalue weighted by Crippen LogP contribution is 2.34. The van der Waals surface area contributed by atoms with Crippen LogP contribution in [0, 0.1) is 5.92 Å². The summed E-state index contributed by atoms with van der Waals surface area (Å²) in [5.41, 5.74) is 2.23. The average Bonchev–Trinajstić information content (AvgIpc) is 2.94. The van der Waals surface area contributed by atoms with Crippen molar-refractivity contribution in [2.75, 3.05) is 11.4 Å². The number of nitrogens with zero attached hydrogens (tertiary/aromatic N) is 1. The molecule has 3 rings (SSSR count). The van der Waals surface area contributed by atoms with E-state index in [1.165, 1.54) is 0 Å².